The molecule has 0 radical (unpaired) electrons. The lowest BCUT2D eigenvalue weighted by Gasteiger charge is -2.24. The van der Waals surface area contributed by atoms with Gasteiger partial charge in [-0.2, -0.15) is 0 Å². The van der Waals surface area contributed by atoms with Crippen molar-refractivity contribution in [2.45, 2.75) is 19.5 Å². The molecule has 6 heteroatoms. The monoisotopic (exact) mass is 269 g/mol. The van der Waals surface area contributed by atoms with Crippen LogP contribution in [0.1, 0.15) is 24.2 Å². The van der Waals surface area contributed by atoms with Crippen LogP contribution < -0.4 is 0 Å². The fourth-order valence-electron chi connectivity index (χ4n) is 2.17. The lowest BCUT2D eigenvalue weighted by Crippen LogP contribution is -2.22. The van der Waals surface area contributed by atoms with Crippen LogP contribution in [0.4, 0.5) is 0 Å². The maximum Gasteiger partial charge on any atom is 0.139 e. The lowest BCUT2D eigenvalue weighted by molar-refractivity contribution is 0.248. The van der Waals surface area contributed by atoms with Crippen LogP contribution in [0.5, 0.6) is 0 Å². The molecule has 0 fully saturated rings. The van der Waals surface area contributed by atoms with E-state index in [1.54, 1.807) is 12.5 Å². The third-order valence-corrected chi connectivity index (χ3v) is 3.48. The summed E-state index contributed by atoms with van der Waals surface area (Å²) in [6.45, 7) is 2.86. The number of hydrogen-bond donors (Lipinski definition) is 0. The summed E-state index contributed by atoms with van der Waals surface area (Å²) in [6.07, 6.45) is 3.33. The first kappa shape index (κ1) is 12.7. The van der Waals surface area contributed by atoms with Crippen molar-refractivity contribution in [1.82, 2.24) is 25.2 Å². The Morgan fingerprint density at radius 3 is 2.95 bits per heavy atom. The van der Waals surface area contributed by atoms with Crippen LogP contribution >= 0.6 is 0 Å². The Kier molecular flexibility index (Phi) is 3.39. The van der Waals surface area contributed by atoms with Gasteiger partial charge in [-0.1, -0.05) is 12.1 Å². The highest BCUT2D eigenvalue weighted by Gasteiger charge is 2.15. The van der Waals surface area contributed by atoms with E-state index in [1.165, 1.54) is 0 Å². The Hall–Kier alpha value is -2.34. The van der Waals surface area contributed by atoms with Gasteiger partial charge in [-0.15, -0.1) is 0 Å². The Balaban J connectivity index is 1.82. The highest BCUT2D eigenvalue weighted by atomic mass is 16.6. The van der Waals surface area contributed by atoms with Gasteiger partial charge >= 0.3 is 0 Å². The summed E-state index contributed by atoms with van der Waals surface area (Å²) < 4.78 is 4.79. The fraction of sp³-hybridized carbons (Fsp3) is 0.286. The first-order valence-electron chi connectivity index (χ1n) is 6.42. The molecule has 3 rings (SSSR count). The van der Waals surface area contributed by atoms with Crippen LogP contribution in [0.15, 0.2) is 41.4 Å². The number of hydrogen-bond acceptors (Lipinski definition) is 6. The van der Waals surface area contributed by atoms with Gasteiger partial charge in [0.05, 0.1) is 5.69 Å². The minimum Gasteiger partial charge on any atom is -0.294 e. The Morgan fingerprint density at radius 2 is 2.15 bits per heavy atom. The molecule has 102 valence electrons. The normalized spacial score (nSPS) is 12.9. The Morgan fingerprint density at radius 1 is 1.25 bits per heavy atom. The smallest absolute Gasteiger partial charge is 0.139 e. The molecule has 2 heterocycles. The van der Waals surface area contributed by atoms with E-state index < -0.39 is 0 Å². The van der Waals surface area contributed by atoms with Gasteiger partial charge in [0, 0.05) is 18.8 Å². The van der Waals surface area contributed by atoms with Crippen LogP contribution in [0, 0.1) is 0 Å². The van der Waals surface area contributed by atoms with Crippen LogP contribution in [0.25, 0.3) is 11.0 Å². The van der Waals surface area contributed by atoms with Crippen LogP contribution in [-0.4, -0.2) is 32.2 Å². The second-order valence-corrected chi connectivity index (χ2v) is 4.77. The molecule has 0 spiro atoms. The van der Waals surface area contributed by atoms with Crippen molar-refractivity contribution in [2.75, 3.05) is 7.05 Å². The third kappa shape index (κ3) is 2.37. The van der Waals surface area contributed by atoms with E-state index in [4.69, 9.17) is 4.63 Å². The van der Waals surface area contributed by atoms with E-state index in [-0.39, 0.29) is 6.04 Å². The van der Waals surface area contributed by atoms with Crippen molar-refractivity contribution in [3.8, 4) is 0 Å². The summed E-state index contributed by atoms with van der Waals surface area (Å²) in [7, 11) is 2.05. The van der Waals surface area contributed by atoms with E-state index in [2.05, 4.69) is 39.2 Å². The molecule has 20 heavy (non-hydrogen) atoms. The predicted octanol–water partition coefficient (Wildman–Crippen LogP) is 2.21. The van der Waals surface area contributed by atoms with Crippen molar-refractivity contribution in [1.29, 1.82) is 0 Å². The summed E-state index contributed by atoms with van der Waals surface area (Å²) in [5, 5.41) is 7.83. The SMILES string of the molecule is CC(c1ccncn1)N(C)Cc1cccc2nonc12. The molecule has 0 N–H and O–H groups in total. The largest absolute Gasteiger partial charge is 0.294 e. The third-order valence-electron chi connectivity index (χ3n) is 3.48. The number of aromatic nitrogens is 4. The van der Waals surface area contributed by atoms with Gasteiger partial charge in [-0.05, 0) is 42.0 Å². The zero-order valence-electron chi connectivity index (χ0n) is 11.4. The van der Waals surface area contributed by atoms with Gasteiger partial charge in [-0.3, -0.25) is 4.90 Å². The number of nitrogens with zero attached hydrogens (tertiary/aromatic N) is 5. The van der Waals surface area contributed by atoms with Crippen molar-refractivity contribution >= 4 is 11.0 Å². The molecule has 2 aromatic heterocycles. The summed E-state index contributed by atoms with van der Waals surface area (Å²) in [6, 6.07) is 8.01. The molecule has 1 aromatic carbocycles. The number of fused-ring (bicyclic) bond motifs is 1. The minimum absolute atomic E-state index is 0.188. The van der Waals surface area contributed by atoms with Crippen LogP contribution in [0.3, 0.4) is 0 Å². The highest BCUT2D eigenvalue weighted by molar-refractivity contribution is 5.76. The van der Waals surface area contributed by atoms with Gasteiger partial charge in [-0.25, -0.2) is 14.6 Å². The number of rotatable bonds is 4. The van der Waals surface area contributed by atoms with Crippen molar-refractivity contribution in [3.63, 3.8) is 0 Å². The molecule has 0 amide bonds. The van der Waals surface area contributed by atoms with Crippen molar-refractivity contribution in [3.05, 3.63) is 48.0 Å². The van der Waals surface area contributed by atoms with E-state index in [0.717, 1.165) is 28.8 Å². The molecule has 1 unspecified atom stereocenters. The lowest BCUT2D eigenvalue weighted by atomic mass is 10.1. The first-order chi connectivity index (χ1) is 9.75. The second-order valence-electron chi connectivity index (χ2n) is 4.77. The van der Waals surface area contributed by atoms with E-state index >= 15 is 0 Å². The quantitative estimate of drug-likeness (QED) is 0.723. The molecule has 3 aromatic rings. The maximum absolute atomic E-state index is 4.79. The standard InChI is InChI=1S/C14H15N5O/c1-10(12-6-7-15-9-16-12)19(2)8-11-4-3-5-13-14(11)18-20-17-13/h3-7,9-10H,8H2,1-2H3. The van der Waals surface area contributed by atoms with Crippen molar-refractivity contribution in [2.24, 2.45) is 0 Å². The summed E-state index contributed by atoms with van der Waals surface area (Å²) in [5.74, 6) is 0. The molecule has 6 nitrogen and oxygen atoms in total. The predicted molar refractivity (Wildman–Crippen MR) is 73.7 cm³/mol. The molecule has 0 aliphatic heterocycles. The van der Waals surface area contributed by atoms with Gasteiger partial charge in [0.1, 0.15) is 17.4 Å². The molecule has 0 saturated carbocycles. The Labute approximate surface area is 116 Å². The van der Waals surface area contributed by atoms with E-state index in [0.29, 0.717) is 0 Å². The Bertz CT molecular complexity index is 697. The summed E-state index contributed by atoms with van der Waals surface area (Å²) in [4.78, 5) is 10.4. The molecule has 0 aliphatic carbocycles. The molecule has 0 saturated heterocycles. The summed E-state index contributed by atoms with van der Waals surface area (Å²) >= 11 is 0. The van der Waals surface area contributed by atoms with Gasteiger partial charge in [0.15, 0.2) is 0 Å². The van der Waals surface area contributed by atoms with Crippen LogP contribution in [-0.2, 0) is 6.54 Å². The summed E-state index contributed by atoms with van der Waals surface area (Å²) in [5.41, 5.74) is 3.68. The molecule has 0 bridgehead atoms. The topological polar surface area (TPSA) is 67.9 Å². The van der Waals surface area contributed by atoms with Gasteiger partial charge in [0.25, 0.3) is 0 Å². The van der Waals surface area contributed by atoms with E-state index in [1.807, 2.05) is 24.3 Å². The average Bonchev–Trinajstić information content (AvgIpc) is 2.97. The zero-order valence-corrected chi connectivity index (χ0v) is 11.4. The molecule has 1 atom stereocenters. The zero-order chi connectivity index (χ0) is 13.9. The van der Waals surface area contributed by atoms with Crippen molar-refractivity contribution < 1.29 is 4.63 Å². The van der Waals surface area contributed by atoms with Gasteiger partial charge in [0.2, 0.25) is 0 Å². The highest BCUT2D eigenvalue weighted by Crippen LogP contribution is 2.21. The molecular weight excluding hydrogens is 254 g/mol. The second kappa shape index (κ2) is 5.34. The van der Waals surface area contributed by atoms with Gasteiger partial charge < -0.3 is 0 Å². The average molecular weight is 269 g/mol. The first-order valence-corrected chi connectivity index (χ1v) is 6.42. The molecular formula is C14H15N5O. The van der Waals surface area contributed by atoms with E-state index in [9.17, 15) is 0 Å². The minimum atomic E-state index is 0.188. The molecule has 0 aliphatic rings. The van der Waals surface area contributed by atoms with Crippen LogP contribution in [0.2, 0.25) is 0 Å². The fourth-order valence-corrected chi connectivity index (χ4v) is 2.17. The maximum atomic E-state index is 4.79. The number of benzene rings is 1.